The molecule has 1 aliphatic carbocycles. The van der Waals surface area contributed by atoms with E-state index in [2.05, 4.69) is 6.92 Å². The van der Waals surface area contributed by atoms with Crippen molar-refractivity contribution >= 4 is 6.08 Å². The van der Waals surface area contributed by atoms with Crippen molar-refractivity contribution in [1.29, 1.82) is 0 Å². The third kappa shape index (κ3) is 5.16. The number of allylic oxidation sites excluding steroid dienone is 1. The van der Waals surface area contributed by atoms with E-state index < -0.39 is 11.6 Å². The van der Waals surface area contributed by atoms with Crippen LogP contribution in [0.2, 0.25) is 0 Å². The van der Waals surface area contributed by atoms with Crippen molar-refractivity contribution in [2.24, 2.45) is 5.92 Å². The van der Waals surface area contributed by atoms with Gasteiger partial charge in [-0.25, -0.2) is 13.2 Å². The van der Waals surface area contributed by atoms with Gasteiger partial charge in [-0.3, -0.25) is 0 Å². The molecule has 1 fully saturated rings. The zero-order valence-corrected chi connectivity index (χ0v) is 19.1. The summed E-state index contributed by atoms with van der Waals surface area (Å²) in [6.07, 6.45) is 8.02. The predicted octanol–water partition coefficient (Wildman–Crippen LogP) is 8.33. The minimum atomic E-state index is -0.770. The average molecular weight is 451 g/mol. The Hall–Kier alpha value is -3.01. The first-order valence-corrected chi connectivity index (χ1v) is 11.6. The van der Waals surface area contributed by atoms with Crippen LogP contribution in [-0.2, 0) is 6.42 Å². The monoisotopic (exact) mass is 450 g/mol. The number of ether oxygens (including phenoxy) is 1. The maximum Gasteiger partial charge on any atom is 0.166 e. The average Bonchev–Trinajstić information content (AvgIpc) is 2.85. The second-order valence-corrected chi connectivity index (χ2v) is 8.74. The summed E-state index contributed by atoms with van der Waals surface area (Å²) in [7, 11) is 1.51. The van der Waals surface area contributed by atoms with Gasteiger partial charge in [0.05, 0.1) is 7.11 Å². The van der Waals surface area contributed by atoms with Crippen molar-refractivity contribution in [3.63, 3.8) is 0 Å². The van der Waals surface area contributed by atoms with Crippen molar-refractivity contribution in [1.82, 2.24) is 0 Å². The molecule has 0 atom stereocenters. The molecule has 0 amide bonds. The number of methoxy groups -OCH3 is 1. The molecular weight excluding hydrogens is 421 g/mol. The molecule has 0 heterocycles. The SMILES string of the molecule is CCc1ccc(-c2ccc(C3CCC(C=Cc4ccc(OC)cc4F)CC3)c(F)c2F)cc1. The molecule has 0 aromatic heterocycles. The maximum absolute atomic E-state index is 15.0. The molecule has 4 rings (SSSR count). The topological polar surface area (TPSA) is 9.23 Å². The van der Waals surface area contributed by atoms with Crippen LogP contribution in [0.15, 0.2) is 60.7 Å². The highest BCUT2D eigenvalue weighted by atomic mass is 19.2. The quantitative estimate of drug-likeness (QED) is 0.367. The van der Waals surface area contributed by atoms with Gasteiger partial charge in [0, 0.05) is 17.2 Å². The summed E-state index contributed by atoms with van der Waals surface area (Å²) in [5, 5.41) is 0. The molecule has 0 radical (unpaired) electrons. The summed E-state index contributed by atoms with van der Waals surface area (Å²) >= 11 is 0. The Kier molecular flexibility index (Phi) is 7.22. The molecular formula is C29H29F3O. The van der Waals surface area contributed by atoms with Crippen LogP contribution in [0, 0.1) is 23.4 Å². The summed E-state index contributed by atoms with van der Waals surface area (Å²) in [5.74, 6) is -1.03. The largest absolute Gasteiger partial charge is 0.497 e. The van der Waals surface area contributed by atoms with Gasteiger partial charge in [-0.1, -0.05) is 55.5 Å². The molecule has 0 bridgehead atoms. The van der Waals surface area contributed by atoms with E-state index in [9.17, 15) is 8.78 Å². The van der Waals surface area contributed by atoms with E-state index >= 15 is 4.39 Å². The molecule has 0 spiro atoms. The van der Waals surface area contributed by atoms with Crippen LogP contribution in [0.25, 0.3) is 17.2 Å². The minimum Gasteiger partial charge on any atom is -0.497 e. The number of benzene rings is 3. The number of halogens is 3. The highest BCUT2D eigenvalue weighted by Gasteiger charge is 2.25. The molecule has 1 nitrogen and oxygen atoms in total. The fourth-order valence-electron chi connectivity index (χ4n) is 4.66. The van der Waals surface area contributed by atoms with Gasteiger partial charge in [0.2, 0.25) is 0 Å². The van der Waals surface area contributed by atoms with Gasteiger partial charge in [0.1, 0.15) is 11.6 Å². The lowest BCUT2D eigenvalue weighted by atomic mass is 9.78. The zero-order valence-electron chi connectivity index (χ0n) is 19.1. The molecule has 33 heavy (non-hydrogen) atoms. The normalized spacial score (nSPS) is 18.6. The molecule has 0 saturated heterocycles. The fraction of sp³-hybridized carbons (Fsp3) is 0.310. The second-order valence-electron chi connectivity index (χ2n) is 8.74. The van der Waals surface area contributed by atoms with Crippen molar-refractivity contribution in [3.05, 3.63) is 94.8 Å². The predicted molar refractivity (Wildman–Crippen MR) is 128 cm³/mol. The highest BCUT2D eigenvalue weighted by Crippen LogP contribution is 2.39. The van der Waals surface area contributed by atoms with Gasteiger partial charge in [0.25, 0.3) is 0 Å². The van der Waals surface area contributed by atoms with E-state index in [0.29, 0.717) is 33.9 Å². The third-order valence-corrected chi connectivity index (χ3v) is 6.75. The first-order chi connectivity index (χ1) is 16.0. The van der Waals surface area contributed by atoms with Crippen LogP contribution >= 0.6 is 0 Å². The zero-order chi connectivity index (χ0) is 23.4. The van der Waals surface area contributed by atoms with Gasteiger partial charge >= 0.3 is 0 Å². The van der Waals surface area contributed by atoms with Crippen LogP contribution in [0.3, 0.4) is 0 Å². The van der Waals surface area contributed by atoms with Crippen LogP contribution in [0.5, 0.6) is 5.75 Å². The number of hydrogen-bond donors (Lipinski definition) is 0. The highest BCUT2D eigenvalue weighted by molar-refractivity contribution is 5.65. The van der Waals surface area contributed by atoms with E-state index in [-0.39, 0.29) is 11.7 Å². The molecule has 1 aliphatic rings. The smallest absolute Gasteiger partial charge is 0.166 e. The van der Waals surface area contributed by atoms with E-state index in [1.807, 2.05) is 30.3 Å². The number of hydrogen-bond acceptors (Lipinski definition) is 1. The van der Waals surface area contributed by atoms with Crippen molar-refractivity contribution in [2.75, 3.05) is 7.11 Å². The Balaban J connectivity index is 1.42. The Morgan fingerprint density at radius 3 is 2.24 bits per heavy atom. The Bertz CT molecular complexity index is 1130. The Morgan fingerprint density at radius 2 is 1.61 bits per heavy atom. The number of rotatable bonds is 6. The standard InChI is InChI=1S/C29H29F3O/c1-3-19-4-9-21(10-5-19)25-16-17-26(29(32)28(25)31)22-11-6-20(7-12-22)8-13-23-14-15-24(33-2)18-27(23)30/h4-5,8-10,13-18,20,22H,3,6-7,11-12H2,1-2H3. The second kappa shape index (κ2) is 10.3. The van der Waals surface area contributed by atoms with Gasteiger partial charge in [-0.2, -0.15) is 0 Å². The summed E-state index contributed by atoms with van der Waals surface area (Å²) in [6, 6.07) is 15.8. The minimum absolute atomic E-state index is 0.00149. The van der Waals surface area contributed by atoms with Gasteiger partial charge in [-0.05, 0) is 72.8 Å². The van der Waals surface area contributed by atoms with Gasteiger partial charge < -0.3 is 4.74 Å². The summed E-state index contributed by atoms with van der Waals surface area (Å²) in [4.78, 5) is 0. The van der Waals surface area contributed by atoms with Gasteiger partial charge in [-0.15, -0.1) is 0 Å². The summed E-state index contributed by atoms with van der Waals surface area (Å²) in [5.41, 5.74) is 3.14. The Labute approximate surface area is 193 Å². The molecule has 3 aromatic carbocycles. The first-order valence-electron chi connectivity index (χ1n) is 11.6. The lowest BCUT2D eigenvalue weighted by molar-refractivity contribution is 0.365. The van der Waals surface area contributed by atoms with E-state index in [0.717, 1.165) is 37.7 Å². The van der Waals surface area contributed by atoms with Gasteiger partial charge in [0.15, 0.2) is 11.6 Å². The van der Waals surface area contributed by atoms with Crippen LogP contribution in [0.4, 0.5) is 13.2 Å². The van der Waals surface area contributed by atoms with Crippen LogP contribution in [-0.4, -0.2) is 7.11 Å². The van der Waals surface area contributed by atoms with E-state index in [1.54, 1.807) is 30.3 Å². The molecule has 4 heteroatoms. The molecule has 172 valence electrons. The molecule has 1 saturated carbocycles. The van der Waals surface area contributed by atoms with Crippen molar-refractivity contribution in [2.45, 2.75) is 44.9 Å². The van der Waals surface area contributed by atoms with Crippen LogP contribution in [0.1, 0.15) is 55.2 Å². The maximum atomic E-state index is 15.0. The lowest BCUT2D eigenvalue weighted by Crippen LogP contribution is -2.13. The molecule has 0 N–H and O–H groups in total. The van der Waals surface area contributed by atoms with Crippen LogP contribution < -0.4 is 4.74 Å². The summed E-state index contributed by atoms with van der Waals surface area (Å²) in [6.45, 7) is 2.06. The van der Waals surface area contributed by atoms with Crippen molar-refractivity contribution in [3.8, 4) is 16.9 Å². The number of aryl methyl sites for hydroxylation is 1. The van der Waals surface area contributed by atoms with Crippen molar-refractivity contribution < 1.29 is 17.9 Å². The first kappa shape index (κ1) is 23.2. The third-order valence-electron chi connectivity index (χ3n) is 6.75. The molecule has 0 aliphatic heterocycles. The lowest BCUT2D eigenvalue weighted by Gasteiger charge is -2.27. The fourth-order valence-corrected chi connectivity index (χ4v) is 4.66. The van der Waals surface area contributed by atoms with E-state index in [1.165, 1.54) is 13.2 Å². The van der Waals surface area contributed by atoms with E-state index in [4.69, 9.17) is 4.74 Å². The summed E-state index contributed by atoms with van der Waals surface area (Å²) < 4.78 is 49.1. The molecule has 0 unspecified atom stereocenters. The molecule has 3 aromatic rings. The Morgan fingerprint density at radius 1 is 0.879 bits per heavy atom.